The average Bonchev–Trinajstić information content (AvgIpc) is 2.61. The number of rotatable bonds is 5. The van der Waals surface area contributed by atoms with Crippen molar-refractivity contribution in [1.29, 1.82) is 0 Å². The minimum atomic E-state index is -4.63. The van der Waals surface area contributed by atoms with E-state index < -0.39 is 31.1 Å². The Balaban J connectivity index is 2.37. The summed E-state index contributed by atoms with van der Waals surface area (Å²) in [5.41, 5.74) is 0. The van der Waals surface area contributed by atoms with Crippen LogP contribution in [0.4, 0.5) is 0 Å². The number of hydrogen-bond acceptors (Lipinski definition) is 3. The van der Waals surface area contributed by atoms with E-state index in [-0.39, 0.29) is 0 Å². The molecule has 0 aliphatic carbocycles. The van der Waals surface area contributed by atoms with Crippen LogP contribution < -0.4 is 9.81 Å². The van der Waals surface area contributed by atoms with Crippen LogP contribution in [0.3, 0.4) is 0 Å². The van der Waals surface area contributed by atoms with Gasteiger partial charge in [0.25, 0.3) is 0 Å². The molecule has 3 aromatic carbocycles. The minimum absolute atomic E-state index is 0.813. The molecule has 0 aliphatic rings. The summed E-state index contributed by atoms with van der Waals surface area (Å²) in [5, 5.41) is 0. The van der Waals surface area contributed by atoms with Crippen molar-refractivity contribution in [3.8, 4) is 0 Å². The molecule has 3 aromatic rings. The van der Waals surface area contributed by atoms with E-state index >= 15 is 0 Å². The molecule has 3 rings (SSSR count). The average molecular weight is 537 g/mol. The van der Waals surface area contributed by atoms with Crippen LogP contribution >= 0.6 is 0 Å². The van der Waals surface area contributed by atoms with E-state index in [1.165, 1.54) is 0 Å². The Morgan fingerprint density at radius 3 is 1.17 bits per heavy atom. The zero-order valence-electron chi connectivity index (χ0n) is 12.7. The first kappa shape index (κ1) is 17.2. The second-order valence-electron chi connectivity index (χ2n) is 5.12. The van der Waals surface area contributed by atoms with Crippen LogP contribution in [0.2, 0.25) is 0 Å². The van der Waals surface area contributed by atoms with Crippen molar-refractivity contribution < 1.29 is 15.2 Å². The van der Waals surface area contributed by atoms with Crippen LogP contribution in [-0.4, -0.2) is 33.7 Å². The SMILES string of the molecule is O=S(=O)(O)[O][Bi]([c]1ccccc1)([c]1ccccc1)[c]1ccccc1. The fourth-order valence-corrected chi connectivity index (χ4v) is 19.9. The Morgan fingerprint density at radius 2 is 0.917 bits per heavy atom. The van der Waals surface area contributed by atoms with Gasteiger partial charge in [-0.05, 0) is 0 Å². The van der Waals surface area contributed by atoms with Gasteiger partial charge in [-0.2, -0.15) is 0 Å². The quantitative estimate of drug-likeness (QED) is 0.396. The van der Waals surface area contributed by atoms with Crippen molar-refractivity contribution >= 4 is 40.9 Å². The van der Waals surface area contributed by atoms with Crippen molar-refractivity contribution in [3.63, 3.8) is 0 Å². The van der Waals surface area contributed by atoms with Gasteiger partial charge < -0.3 is 0 Å². The molecule has 24 heavy (non-hydrogen) atoms. The van der Waals surface area contributed by atoms with Crippen molar-refractivity contribution in [1.82, 2.24) is 0 Å². The van der Waals surface area contributed by atoms with E-state index in [1.54, 1.807) is 0 Å². The van der Waals surface area contributed by atoms with E-state index in [0.29, 0.717) is 0 Å². The van der Waals surface area contributed by atoms with Gasteiger partial charge in [0.2, 0.25) is 0 Å². The first-order chi connectivity index (χ1) is 11.5. The normalized spacial score (nSPS) is 12.0. The first-order valence-electron chi connectivity index (χ1n) is 7.27. The summed E-state index contributed by atoms with van der Waals surface area (Å²) in [6, 6.07) is 27.9. The van der Waals surface area contributed by atoms with E-state index in [0.717, 1.165) is 9.81 Å². The molecule has 0 atom stereocenters. The Kier molecular flexibility index (Phi) is 5.11. The Morgan fingerprint density at radius 1 is 0.625 bits per heavy atom. The van der Waals surface area contributed by atoms with Gasteiger partial charge in [-0.25, -0.2) is 0 Å². The second kappa shape index (κ2) is 7.11. The van der Waals surface area contributed by atoms with Crippen molar-refractivity contribution in [2.24, 2.45) is 0 Å². The molecule has 0 saturated carbocycles. The van der Waals surface area contributed by atoms with Gasteiger partial charge in [0, 0.05) is 0 Å². The molecule has 0 unspecified atom stereocenters. The third kappa shape index (κ3) is 3.57. The summed E-state index contributed by atoms with van der Waals surface area (Å²) in [4.78, 5) is 0. The fourth-order valence-electron chi connectivity index (χ4n) is 2.63. The maximum absolute atomic E-state index is 11.8. The van der Waals surface area contributed by atoms with Crippen LogP contribution in [0.1, 0.15) is 0 Å². The Bertz CT molecular complexity index is 801. The van der Waals surface area contributed by atoms with Gasteiger partial charge in [-0.3, -0.25) is 0 Å². The molecule has 6 heteroatoms. The van der Waals surface area contributed by atoms with Gasteiger partial charge in [0.05, 0.1) is 0 Å². The molecule has 0 amide bonds. The van der Waals surface area contributed by atoms with Gasteiger partial charge in [0.1, 0.15) is 0 Å². The zero-order chi connectivity index (χ0) is 17.0. The summed E-state index contributed by atoms with van der Waals surface area (Å²) < 4.78 is 41.0. The van der Waals surface area contributed by atoms with Crippen LogP contribution in [0, 0.1) is 0 Å². The summed E-state index contributed by atoms with van der Waals surface area (Å²) >= 11 is -4.45. The van der Waals surface area contributed by atoms with E-state index in [2.05, 4.69) is 0 Å². The third-order valence-corrected chi connectivity index (χ3v) is 20.7. The van der Waals surface area contributed by atoms with Crippen molar-refractivity contribution in [2.45, 2.75) is 0 Å². The van der Waals surface area contributed by atoms with Gasteiger partial charge >= 0.3 is 147 Å². The summed E-state index contributed by atoms with van der Waals surface area (Å²) in [6.07, 6.45) is 0. The van der Waals surface area contributed by atoms with Crippen LogP contribution in [0.15, 0.2) is 91.0 Å². The van der Waals surface area contributed by atoms with Crippen molar-refractivity contribution in [3.05, 3.63) is 91.0 Å². The molecule has 123 valence electrons. The second-order valence-corrected chi connectivity index (χ2v) is 18.6. The molecular formula is C18H16BiO4S. The van der Waals surface area contributed by atoms with E-state index in [4.69, 9.17) is 2.26 Å². The molecule has 4 nitrogen and oxygen atoms in total. The molecule has 0 spiro atoms. The van der Waals surface area contributed by atoms with Crippen molar-refractivity contribution in [2.75, 3.05) is 0 Å². The Hall–Kier alpha value is -1.59. The monoisotopic (exact) mass is 537 g/mol. The molecular weight excluding hydrogens is 521 g/mol. The molecule has 0 bridgehead atoms. The molecule has 0 aromatic heterocycles. The maximum atomic E-state index is 11.8. The molecule has 1 radical (unpaired) electrons. The topological polar surface area (TPSA) is 63.6 Å². The third-order valence-electron chi connectivity index (χ3n) is 3.57. The molecule has 0 aliphatic heterocycles. The fraction of sp³-hybridized carbons (Fsp3) is 0. The Labute approximate surface area is 146 Å². The predicted octanol–water partition coefficient (Wildman–Crippen LogP) is 1.47. The van der Waals surface area contributed by atoms with E-state index in [9.17, 15) is 13.0 Å². The van der Waals surface area contributed by atoms with Gasteiger partial charge in [-0.1, -0.05) is 0 Å². The first-order valence-corrected chi connectivity index (χ1v) is 15.3. The number of hydrogen-bond donors (Lipinski definition) is 1. The van der Waals surface area contributed by atoms with Crippen LogP contribution in [0.5, 0.6) is 0 Å². The predicted molar refractivity (Wildman–Crippen MR) is 96.6 cm³/mol. The molecule has 0 fully saturated rings. The summed E-state index contributed by atoms with van der Waals surface area (Å²) in [5.74, 6) is 0. The van der Waals surface area contributed by atoms with E-state index in [1.807, 2.05) is 91.0 Å². The summed E-state index contributed by atoms with van der Waals surface area (Å²) in [7, 11) is -4.63. The van der Waals surface area contributed by atoms with Gasteiger partial charge in [-0.15, -0.1) is 0 Å². The number of benzene rings is 3. The molecule has 0 saturated heterocycles. The van der Waals surface area contributed by atoms with Crippen LogP contribution in [-0.2, 0) is 12.7 Å². The molecule has 0 heterocycles. The molecule has 1 N–H and O–H groups in total. The zero-order valence-corrected chi connectivity index (χ0v) is 17.0. The summed E-state index contributed by atoms with van der Waals surface area (Å²) in [6.45, 7) is 0. The van der Waals surface area contributed by atoms with Gasteiger partial charge in [0.15, 0.2) is 0 Å². The van der Waals surface area contributed by atoms with Crippen LogP contribution in [0.25, 0.3) is 0 Å². The standard InChI is InChI=1S/3C6H5.Bi.H2O4S/c3*1-2-4-6-5-3-1;;1-5(2,3)4/h3*1-5H;;(H2,1,2,3,4)/q;;;+1;/p-1.